The highest BCUT2D eigenvalue weighted by Crippen LogP contribution is 2.24. The van der Waals surface area contributed by atoms with Crippen LogP contribution >= 0.6 is 35.3 Å². The van der Waals surface area contributed by atoms with E-state index in [0.717, 1.165) is 50.0 Å². The van der Waals surface area contributed by atoms with Crippen molar-refractivity contribution in [2.45, 2.75) is 26.2 Å². The first-order chi connectivity index (χ1) is 13.7. The maximum absolute atomic E-state index is 5.81. The van der Waals surface area contributed by atoms with Gasteiger partial charge in [0.1, 0.15) is 12.4 Å². The highest BCUT2D eigenvalue weighted by atomic mass is 127. The molecule has 0 spiro atoms. The number of rotatable bonds is 8. The van der Waals surface area contributed by atoms with E-state index in [-0.39, 0.29) is 24.0 Å². The van der Waals surface area contributed by atoms with Crippen molar-refractivity contribution < 1.29 is 4.74 Å². The summed E-state index contributed by atoms with van der Waals surface area (Å²) in [5.41, 5.74) is 2.39. The number of guanidine groups is 1. The third-order valence-corrected chi connectivity index (χ3v) is 5.82. The molecule has 29 heavy (non-hydrogen) atoms. The Hall–Kier alpha value is -1.55. The van der Waals surface area contributed by atoms with E-state index in [9.17, 15) is 0 Å². The van der Waals surface area contributed by atoms with E-state index in [1.165, 1.54) is 23.5 Å². The molecule has 2 heterocycles. The normalized spacial score (nSPS) is 13.9. The van der Waals surface area contributed by atoms with Crippen molar-refractivity contribution in [1.29, 1.82) is 0 Å². The summed E-state index contributed by atoms with van der Waals surface area (Å²) in [6.45, 7) is 6.57. The Morgan fingerprint density at radius 3 is 2.69 bits per heavy atom. The second-order valence-corrected chi connectivity index (χ2v) is 7.96. The number of aromatic nitrogens is 1. The van der Waals surface area contributed by atoms with Crippen molar-refractivity contribution >= 4 is 46.4 Å². The van der Waals surface area contributed by atoms with Crippen LogP contribution in [-0.2, 0) is 6.42 Å². The fourth-order valence-corrected chi connectivity index (χ4v) is 4.11. The van der Waals surface area contributed by atoms with E-state index in [2.05, 4.69) is 44.5 Å². The molecule has 1 aromatic carbocycles. The van der Waals surface area contributed by atoms with E-state index < -0.39 is 0 Å². The molecule has 2 aromatic rings. The predicted molar refractivity (Wildman–Crippen MR) is 133 cm³/mol. The standard InChI is InChI=1S/C21H31N5OS.HI/c1-17-6-8-19(9-7-17)27-15-14-25(3)20(22-2)23-11-10-18-16-28-21(24-18)26-12-4-5-13-26;/h6-9,16H,4-5,10-15H2,1-3H3,(H,22,23);1H. The molecule has 0 aliphatic carbocycles. The van der Waals surface area contributed by atoms with Gasteiger partial charge in [0, 0.05) is 45.5 Å². The minimum absolute atomic E-state index is 0. The van der Waals surface area contributed by atoms with E-state index in [1.54, 1.807) is 11.3 Å². The van der Waals surface area contributed by atoms with Crippen molar-refractivity contribution in [2.75, 3.05) is 51.8 Å². The van der Waals surface area contributed by atoms with Crippen molar-refractivity contribution in [1.82, 2.24) is 15.2 Å². The number of anilines is 1. The summed E-state index contributed by atoms with van der Waals surface area (Å²) < 4.78 is 5.81. The van der Waals surface area contributed by atoms with Gasteiger partial charge in [-0.3, -0.25) is 4.99 Å². The van der Waals surface area contributed by atoms with E-state index >= 15 is 0 Å². The highest BCUT2D eigenvalue weighted by molar-refractivity contribution is 14.0. The smallest absolute Gasteiger partial charge is 0.193 e. The second kappa shape index (κ2) is 12.2. The van der Waals surface area contributed by atoms with Crippen molar-refractivity contribution in [3.8, 4) is 5.75 Å². The van der Waals surface area contributed by atoms with Crippen molar-refractivity contribution in [3.63, 3.8) is 0 Å². The lowest BCUT2D eigenvalue weighted by Crippen LogP contribution is -2.41. The van der Waals surface area contributed by atoms with Gasteiger partial charge >= 0.3 is 0 Å². The Morgan fingerprint density at radius 2 is 2.00 bits per heavy atom. The van der Waals surface area contributed by atoms with E-state index in [1.807, 2.05) is 26.2 Å². The predicted octanol–water partition coefficient (Wildman–Crippen LogP) is 3.80. The van der Waals surface area contributed by atoms with Gasteiger partial charge in [-0.1, -0.05) is 17.7 Å². The number of nitrogens with one attached hydrogen (secondary N) is 1. The third kappa shape index (κ3) is 7.33. The first-order valence-electron chi connectivity index (χ1n) is 9.96. The molecule has 3 rings (SSSR count). The molecular formula is C21H32IN5OS. The van der Waals surface area contributed by atoms with Crippen LogP contribution in [0.3, 0.4) is 0 Å². The molecule has 8 heteroatoms. The summed E-state index contributed by atoms with van der Waals surface area (Å²) in [6, 6.07) is 8.14. The van der Waals surface area contributed by atoms with Crippen LogP contribution in [0.25, 0.3) is 0 Å². The van der Waals surface area contributed by atoms with Gasteiger partial charge in [-0.05, 0) is 31.9 Å². The van der Waals surface area contributed by atoms with Crippen LogP contribution < -0.4 is 15.0 Å². The van der Waals surface area contributed by atoms with Gasteiger partial charge < -0.3 is 19.9 Å². The van der Waals surface area contributed by atoms with E-state index in [0.29, 0.717) is 6.61 Å². The zero-order chi connectivity index (χ0) is 19.8. The molecule has 1 N–H and O–H groups in total. The monoisotopic (exact) mass is 529 g/mol. The fraction of sp³-hybridized carbons (Fsp3) is 0.524. The van der Waals surface area contributed by atoms with Crippen molar-refractivity contribution in [3.05, 3.63) is 40.9 Å². The van der Waals surface area contributed by atoms with Crippen LogP contribution in [0.5, 0.6) is 5.75 Å². The topological polar surface area (TPSA) is 53.0 Å². The first-order valence-corrected chi connectivity index (χ1v) is 10.8. The summed E-state index contributed by atoms with van der Waals surface area (Å²) in [4.78, 5) is 13.6. The third-order valence-electron chi connectivity index (χ3n) is 4.87. The Bertz CT molecular complexity index is 759. The molecule has 1 fully saturated rings. The number of nitrogens with zero attached hydrogens (tertiary/aromatic N) is 4. The van der Waals surface area contributed by atoms with Gasteiger partial charge in [0.25, 0.3) is 0 Å². The lowest BCUT2D eigenvalue weighted by Gasteiger charge is -2.22. The summed E-state index contributed by atoms with van der Waals surface area (Å²) in [5, 5.41) is 6.77. The Balaban J connectivity index is 0.00000300. The lowest BCUT2D eigenvalue weighted by molar-refractivity contribution is 0.281. The first kappa shape index (κ1) is 23.7. The minimum Gasteiger partial charge on any atom is -0.492 e. The number of aliphatic imine (C=N–C) groups is 1. The molecule has 1 saturated heterocycles. The van der Waals surface area contributed by atoms with Gasteiger partial charge in [-0.15, -0.1) is 35.3 Å². The average molecular weight is 529 g/mol. The molecule has 0 amide bonds. The molecule has 0 unspecified atom stereocenters. The van der Waals surface area contributed by atoms with Crippen LogP contribution in [0.15, 0.2) is 34.6 Å². The fourth-order valence-electron chi connectivity index (χ4n) is 3.19. The van der Waals surface area contributed by atoms with Crippen LogP contribution in [0, 0.1) is 6.92 Å². The SMILES string of the molecule is CN=C(NCCc1csc(N2CCCC2)n1)N(C)CCOc1ccc(C)cc1.I. The van der Waals surface area contributed by atoms with Crippen LogP contribution in [0.2, 0.25) is 0 Å². The molecule has 0 saturated carbocycles. The molecule has 0 radical (unpaired) electrons. The van der Waals surface area contributed by atoms with Gasteiger partial charge in [0.05, 0.1) is 12.2 Å². The number of hydrogen-bond acceptors (Lipinski definition) is 5. The Morgan fingerprint density at radius 1 is 1.28 bits per heavy atom. The zero-order valence-corrected chi connectivity index (χ0v) is 20.7. The molecule has 1 aromatic heterocycles. The number of benzene rings is 1. The molecule has 0 atom stereocenters. The number of likely N-dealkylation sites (N-methyl/N-ethyl adjacent to an activating group) is 1. The maximum atomic E-state index is 5.81. The molecule has 160 valence electrons. The lowest BCUT2D eigenvalue weighted by atomic mass is 10.2. The summed E-state index contributed by atoms with van der Waals surface area (Å²) in [5.74, 6) is 1.78. The Kier molecular flexibility index (Phi) is 9.99. The number of hydrogen-bond donors (Lipinski definition) is 1. The Labute approximate surface area is 195 Å². The number of thiazole rings is 1. The van der Waals surface area contributed by atoms with Gasteiger partial charge in [-0.2, -0.15) is 0 Å². The largest absolute Gasteiger partial charge is 0.492 e. The molecule has 0 bridgehead atoms. The van der Waals surface area contributed by atoms with E-state index in [4.69, 9.17) is 9.72 Å². The van der Waals surface area contributed by atoms with Gasteiger partial charge in [0.2, 0.25) is 0 Å². The van der Waals surface area contributed by atoms with Crippen LogP contribution in [0.1, 0.15) is 24.1 Å². The quantitative estimate of drug-likeness (QED) is 0.321. The van der Waals surface area contributed by atoms with Crippen molar-refractivity contribution in [2.24, 2.45) is 4.99 Å². The highest BCUT2D eigenvalue weighted by Gasteiger charge is 2.15. The number of halogens is 1. The second-order valence-electron chi connectivity index (χ2n) is 7.12. The molecular weight excluding hydrogens is 497 g/mol. The number of ether oxygens (including phenoxy) is 1. The zero-order valence-electron chi connectivity index (χ0n) is 17.6. The summed E-state index contributed by atoms with van der Waals surface area (Å²) >= 11 is 1.76. The van der Waals surface area contributed by atoms with Crippen LogP contribution in [0.4, 0.5) is 5.13 Å². The van der Waals surface area contributed by atoms with Crippen LogP contribution in [-0.4, -0.2) is 62.7 Å². The number of aryl methyl sites for hydroxylation is 1. The molecule has 1 aliphatic heterocycles. The molecule has 6 nitrogen and oxygen atoms in total. The molecule has 1 aliphatic rings. The van der Waals surface area contributed by atoms with Gasteiger partial charge in [-0.25, -0.2) is 4.98 Å². The summed E-state index contributed by atoms with van der Waals surface area (Å²) in [7, 11) is 3.84. The minimum atomic E-state index is 0. The maximum Gasteiger partial charge on any atom is 0.193 e. The average Bonchev–Trinajstić information content (AvgIpc) is 3.38. The summed E-state index contributed by atoms with van der Waals surface area (Å²) in [6.07, 6.45) is 3.47. The van der Waals surface area contributed by atoms with Gasteiger partial charge in [0.15, 0.2) is 11.1 Å².